The van der Waals surface area contributed by atoms with Gasteiger partial charge in [0.15, 0.2) is 11.5 Å². The molecular formula is C18H12Cl2N2O3. The number of para-hydroxylation sites is 1. The van der Waals surface area contributed by atoms with Crippen molar-refractivity contribution >= 4 is 40.9 Å². The van der Waals surface area contributed by atoms with Crippen molar-refractivity contribution in [1.82, 2.24) is 0 Å². The number of carbonyl (C=O) groups is 1. The number of nitrogens with one attached hydrogen (secondary N) is 1. The Morgan fingerprint density at radius 2 is 1.80 bits per heavy atom. The summed E-state index contributed by atoms with van der Waals surface area (Å²) in [5.74, 6) is 0.605. The fourth-order valence-electron chi connectivity index (χ4n) is 2.26. The van der Waals surface area contributed by atoms with E-state index in [0.717, 1.165) is 0 Å². The van der Waals surface area contributed by atoms with E-state index in [2.05, 4.69) is 5.32 Å². The average Bonchev–Trinajstić information content (AvgIpc) is 2.62. The van der Waals surface area contributed by atoms with Crippen LogP contribution in [0.1, 0.15) is 5.56 Å². The van der Waals surface area contributed by atoms with E-state index in [4.69, 9.17) is 32.7 Å². The summed E-state index contributed by atoms with van der Waals surface area (Å²) >= 11 is 12.1. The molecule has 1 aliphatic rings. The zero-order chi connectivity index (χ0) is 17.8. The molecule has 1 heterocycles. The van der Waals surface area contributed by atoms with Crippen molar-refractivity contribution in [2.75, 3.05) is 18.5 Å². The quantitative estimate of drug-likeness (QED) is 0.641. The Kier molecular flexibility index (Phi) is 5.13. The highest BCUT2D eigenvalue weighted by Gasteiger charge is 2.15. The largest absolute Gasteiger partial charge is 0.486 e. The normalized spacial score (nSPS) is 13.1. The summed E-state index contributed by atoms with van der Waals surface area (Å²) in [6, 6.07) is 11.9. The van der Waals surface area contributed by atoms with Crippen LogP contribution in [-0.2, 0) is 4.79 Å². The van der Waals surface area contributed by atoms with Crippen LogP contribution in [0.25, 0.3) is 6.08 Å². The molecule has 126 valence electrons. The number of nitrogens with zero attached hydrogens (tertiary/aromatic N) is 1. The highest BCUT2D eigenvalue weighted by atomic mass is 35.5. The molecule has 0 bridgehead atoms. The molecule has 3 rings (SSSR count). The Balaban J connectivity index is 1.85. The molecule has 25 heavy (non-hydrogen) atoms. The van der Waals surface area contributed by atoms with Gasteiger partial charge in [-0.25, -0.2) is 0 Å². The maximum Gasteiger partial charge on any atom is 0.266 e. The second-order valence-corrected chi connectivity index (χ2v) is 5.94. The van der Waals surface area contributed by atoms with Gasteiger partial charge in [0.25, 0.3) is 5.91 Å². The summed E-state index contributed by atoms with van der Waals surface area (Å²) in [7, 11) is 0. The van der Waals surface area contributed by atoms with Gasteiger partial charge >= 0.3 is 0 Å². The molecule has 2 aromatic carbocycles. The summed E-state index contributed by atoms with van der Waals surface area (Å²) in [4.78, 5) is 12.4. The minimum Gasteiger partial charge on any atom is -0.486 e. The number of carbonyl (C=O) groups excluding carboxylic acids is 1. The Morgan fingerprint density at radius 3 is 2.48 bits per heavy atom. The molecule has 1 amide bonds. The lowest BCUT2D eigenvalue weighted by molar-refractivity contribution is -0.112. The molecule has 0 fully saturated rings. The second-order valence-electron chi connectivity index (χ2n) is 5.12. The van der Waals surface area contributed by atoms with Crippen molar-refractivity contribution in [3.05, 3.63) is 57.6 Å². The second kappa shape index (κ2) is 7.47. The van der Waals surface area contributed by atoms with Gasteiger partial charge in [-0.2, -0.15) is 5.26 Å². The third kappa shape index (κ3) is 3.87. The van der Waals surface area contributed by atoms with Crippen LogP contribution in [0.4, 0.5) is 5.69 Å². The average molecular weight is 375 g/mol. The van der Waals surface area contributed by atoms with Crippen molar-refractivity contribution in [3.63, 3.8) is 0 Å². The summed E-state index contributed by atoms with van der Waals surface area (Å²) < 4.78 is 10.9. The van der Waals surface area contributed by atoms with Gasteiger partial charge in [0.05, 0.1) is 15.7 Å². The molecular weight excluding hydrogens is 363 g/mol. The number of hydrogen-bond donors (Lipinski definition) is 1. The van der Waals surface area contributed by atoms with Gasteiger partial charge in [0.2, 0.25) is 0 Å². The van der Waals surface area contributed by atoms with Gasteiger partial charge in [-0.3, -0.25) is 4.79 Å². The van der Waals surface area contributed by atoms with Crippen molar-refractivity contribution < 1.29 is 14.3 Å². The number of fused-ring (bicyclic) bond motifs is 1. The van der Waals surface area contributed by atoms with Crippen LogP contribution in [0, 0.1) is 11.3 Å². The Hall–Kier alpha value is -2.68. The fourth-order valence-corrected chi connectivity index (χ4v) is 2.76. The third-order valence-electron chi connectivity index (χ3n) is 3.44. The van der Waals surface area contributed by atoms with Gasteiger partial charge in [-0.05, 0) is 35.9 Å². The number of nitriles is 1. The third-order valence-corrected chi connectivity index (χ3v) is 4.07. The first-order valence-corrected chi connectivity index (χ1v) is 8.11. The van der Waals surface area contributed by atoms with E-state index in [1.54, 1.807) is 36.4 Å². The predicted molar refractivity (Wildman–Crippen MR) is 96.1 cm³/mol. The SMILES string of the molecule is N#C/C(=C\c1ccc2c(c1)OCCO2)C(=O)Nc1c(Cl)cccc1Cl. The zero-order valence-corrected chi connectivity index (χ0v) is 14.4. The van der Waals surface area contributed by atoms with Gasteiger partial charge in [0.1, 0.15) is 24.9 Å². The lowest BCUT2D eigenvalue weighted by Crippen LogP contribution is -2.15. The van der Waals surface area contributed by atoms with Crippen molar-refractivity contribution in [2.24, 2.45) is 0 Å². The zero-order valence-electron chi connectivity index (χ0n) is 12.9. The molecule has 0 aliphatic carbocycles. The molecule has 1 aliphatic heterocycles. The number of ether oxygens (including phenoxy) is 2. The molecule has 0 spiro atoms. The molecule has 0 atom stereocenters. The van der Waals surface area contributed by atoms with Gasteiger partial charge in [-0.1, -0.05) is 35.3 Å². The highest BCUT2D eigenvalue weighted by molar-refractivity contribution is 6.40. The summed E-state index contributed by atoms with van der Waals surface area (Å²) in [5, 5.41) is 12.5. The van der Waals surface area contributed by atoms with Crippen LogP contribution >= 0.6 is 23.2 Å². The minimum absolute atomic E-state index is 0.0901. The number of halogens is 2. The van der Waals surface area contributed by atoms with E-state index in [1.807, 2.05) is 6.07 Å². The van der Waals surface area contributed by atoms with E-state index in [-0.39, 0.29) is 21.3 Å². The van der Waals surface area contributed by atoms with Gasteiger partial charge in [0, 0.05) is 0 Å². The Labute approximate surface area is 154 Å². The maximum absolute atomic E-state index is 12.4. The molecule has 7 heteroatoms. The van der Waals surface area contributed by atoms with Crippen molar-refractivity contribution in [3.8, 4) is 17.6 Å². The lowest BCUT2D eigenvalue weighted by Gasteiger charge is -2.18. The molecule has 0 unspecified atom stereocenters. The van der Waals surface area contributed by atoms with Gasteiger partial charge in [-0.15, -0.1) is 0 Å². The molecule has 0 aromatic heterocycles. The van der Waals surface area contributed by atoms with E-state index in [1.165, 1.54) is 6.08 Å². The number of amides is 1. The van der Waals surface area contributed by atoms with E-state index in [0.29, 0.717) is 30.3 Å². The van der Waals surface area contributed by atoms with Crippen LogP contribution in [0.15, 0.2) is 42.0 Å². The first-order chi connectivity index (χ1) is 12.1. The fraction of sp³-hybridized carbons (Fsp3) is 0.111. The number of rotatable bonds is 3. The first kappa shape index (κ1) is 17.2. The highest BCUT2D eigenvalue weighted by Crippen LogP contribution is 2.32. The van der Waals surface area contributed by atoms with E-state index >= 15 is 0 Å². The molecule has 0 saturated carbocycles. The Morgan fingerprint density at radius 1 is 1.12 bits per heavy atom. The summed E-state index contributed by atoms with van der Waals surface area (Å²) in [6.45, 7) is 0.948. The minimum atomic E-state index is -0.604. The van der Waals surface area contributed by atoms with E-state index < -0.39 is 5.91 Å². The summed E-state index contributed by atoms with van der Waals surface area (Å²) in [6.07, 6.45) is 1.46. The smallest absolute Gasteiger partial charge is 0.266 e. The number of anilines is 1. The monoisotopic (exact) mass is 374 g/mol. The van der Waals surface area contributed by atoms with Crippen LogP contribution in [0.2, 0.25) is 10.0 Å². The topological polar surface area (TPSA) is 71.3 Å². The molecule has 5 nitrogen and oxygen atoms in total. The number of hydrogen-bond acceptors (Lipinski definition) is 4. The maximum atomic E-state index is 12.4. The van der Waals surface area contributed by atoms with Crippen LogP contribution in [0.5, 0.6) is 11.5 Å². The van der Waals surface area contributed by atoms with Crippen LogP contribution in [0.3, 0.4) is 0 Å². The van der Waals surface area contributed by atoms with Crippen molar-refractivity contribution in [1.29, 1.82) is 5.26 Å². The van der Waals surface area contributed by atoms with E-state index in [9.17, 15) is 10.1 Å². The molecule has 2 aromatic rings. The molecule has 1 N–H and O–H groups in total. The lowest BCUT2D eigenvalue weighted by atomic mass is 10.1. The first-order valence-electron chi connectivity index (χ1n) is 7.35. The van der Waals surface area contributed by atoms with Gasteiger partial charge < -0.3 is 14.8 Å². The molecule has 0 radical (unpaired) electrons. The van der Waals surface area contributed by atoms with Crippen LogP contribution < -0.4 is 14.8 Å². The van der Waals surface area contributed by atoms with Crippen molar-refractivity contribution in [2.45, 2.75) is 0 Å². The number of benzene rings is 2. The standard InChI is InChI=1S/C18H12Cl2N2O3/c19-13-2-1-3-14(20)17(13)22-18(23)12(10-21)8-11-4-5-15-16(9-11)25-7-6-24-15/h1-5,8-9H,6-7H2,(H,22,23)/b12-8+. The molecule has 0 saturated heterocycles. The Bertz CT molecular complexity index is 883. The van der Waals surface area contributed by atoms with Crippen LogP contribution in [-0.4, -0.2) is 19.1 Å². The predicted octanol–water partition coefficient (Wildman–Crippen LogP) is 4.31. The summed E-state index contributed by atoms with van der Waals surface area (Å²) in [5.41, 5.74) is 0.813.